The standard InChI is InChI=1S/C10H15N5S/c1(2-5-15-6-4-13-14-15)3-11-7-10-8-12-9-16-10/h4,6,8-9,11H,1-3,5,7H2. The minimum absolute atomic E-state index is 0.925. The normalized spacial score (nSPS) is 10.8. The van der Waals surface area contributed by atoms with Gasteiger partial charge in [0, 0.05) is 30.4 Å². The zero-order chi connectivity index (χ0) is 11.1. The largest absolute Gasteiger partial charge is 0.312 e. The quantitative estimate of drug-likeness (QED) is 0.738. The van der Waals surface area contributed by atoms with E-state index >= 15 is 0 Å². The van der Waals surface area contributed by atoms with Crippen LogP contribution in [0.15, 0.2) is 24.1 Å². The summed E-state index contributed by atoms with van der Waals surface area (Å²) in [5, 5.41) is 11.1. The van der Waals surface area contributed by atoms with E-state index in [-0.39, 0.29) is 0 Å². The van der Waals surface area contributed by atoms with E-state index in [4.69, 9.17) is 0 Å². The van der Waals surface area contributed by atoms with Crippen molar-refractivity contribution in [3.8, 4) is 0 Å². The van der Waals surface area contributed by atoms with Crippen LogP contribution in [0.4, 0.5) is 0 Å². The van der Waals surface area contributed by atoms with Gasteiger partial charge in [0.2, 0.25) is 0 Å². The molecule has 0 aliphatic rings. The van der Waals surface area contributed by atoms with Gasteiger partial charge in [-0.15, -0.1) is 16.4 Å². The third-order valence-electron chi connectivity index (χ3n) is 2.25. The van der Waals surface area contributed by atoms with Crippen LogP contribution in [0.1, 0.15) is 17.7 Å². The molecule has 2 aromatic heterocycles. The minimum Gasteiger partial charge on any atom is -0.312 e. The lowest BCUT2D eigenvalue weighted by molar-refractivity contribution is 0.524. The number of aryl methyl sites for hydroxylation is 1. The zero-order valence-electron chi connectivity index (χ0n) is 9.04. The number of aromatic nitrogens is 4. The fraction of sp³-hybridized carbons (Fsp3) is 0.500. The highest BCUT2D eigenvalue weighted by Gasteiger charge is 1.94. The molecular weight excluding hydrogens is 222 g/mol. The first-order valence-electron chi connectivity index (χ1n) is 5.37. The lowest BCUT2D eigenvalue weighted by Crippen LogP contribution is -2.14. The Bertz CT molecular complexity index is 332. The summed E-state index contributed by atoms with van der Waals surface area (Å²) in [4.78, 5) is 5.32. The molecule has 2 heterocycles. The predicted molar refractivity (Wildman–Crippen MR) is 63.1 cm³/mol. The van der Waals surface area contributed by atoms with E-state index in [0.29, 0.717) is 0 Å². The molecule has 0 aliphatic heterocycles. The summed E-state index contributed by atoms with van der Waals surface area (Å²) in [5.41, 5.74) is 1.86. The van der Waals surface area contributed by atoms with Crippen molar-refractivity contribution in [1.29, 1.82) is 0 Å². The Balaban J connectivity index is 1.49. The summed E-state index contributed by atoms with van der Waals surface area (Å²) in [7, 11) is 0. The van der Waals surface area contributed by atoms with E-state index in [9.17, 15) is 0 Å². The second-order valence-corrected chi connectivity index (χ2v) is 4.49. The molecule has 0 spiro atoms. The van der Waals surface area contributed by atoms with Gasteiger partial charge in [0.1, 0.15) is 0 Å². The van der Waals surface area contributed by atoms with Crippen LogP contribution in [-0.4, -0.2) is 26.5 Å². The molecule has 16 heavy (non-hydrogen) atoms. The first-order chi connectivity index (χ1) is 7.95. The van der Waals surface area contributed by atoms with Gasteiger partial charge in [-0.1, -0.05) is 5.21 Å². The highest BCUT2D eigenvalue weighted by molar-refractivity contribution is 7.09. The number of hydrogen-bond acceptors (Lipinski definition) is 5. The maximum atomic E-state index is 4.03. The lowest BCUT2D eigenvalue weighted by Gasteiger charge is -2.02. The average Bonchev–Trinajstić information content (AvgIpc) is 2.96. The number of nitrogens with one attached hydrogen (secondary N) is 1. The van der Waals surface area contributed by atoms with Gasteiger partial charge in [-0.2, -0.15) is 0 Å². The molecule has 0 atom stereocenters. The maximum Gasteiger partial charge on any atom is 0.0794 e. The third-order valence-corrected chi connectivity index (χ3v) is 3.03. The van der Waals surface area contributed by atoms with Gasteiger partial charge in [0.05, 0.1) is 11.7 Å². The summed E-state index contributed by atoms with van der Waals surface area (Å²) >= 11 is 1.69. The molecule has 5 nitrogen and oxygen atoms in total. The number of thiazole rings is 1. The number of rotatable bonds is 7. The van der Waals surface area contributed by atoms with Gasteiger partial charge in [-0.05, 0) is 19.4 Å². The molecule has 0 saturated heterocycles. The average molecular weight is 237 g/mol. The van der Waals surface area contributed by atoms with E-state index in [1.165, 1.54) is 4.88 Å². The molecule has 0 aromatic carbocycles. The molecule has 0 unspecified atom stereocenters. The fourth-order valence-electron chi connectivity index (χ4n) is 1.42. The van der Waals surface area contributed by atoms with Crippen molar-refractivity contribution >= 4 is 11.3 Å². The van der Waals surface area contributed by atoms with E-state index in [1.807, 2.05) is 22.6 Å². The Morgan fingerprint density at radius 2 is 2.38 bits per heavy atom. The lowest BCUT2D eigenvalue weighted by atomic mass is 10.3. The van der Waals surface area contributed by atoms with Gasteiger partial charge in [0.25, 0.3) is 0 Å². The summed E-state index contributed by atoms with van der Waals surface area (Å²) < 4.78 is 1.86. The minimum atomic E-state index is 0.925. The molecule has 6 heteroatoms. The second kappa shape index (κ2) is 6.34. The van der Waals surface area contributed by atoms with Crippen LogP contribution >= 0.6 is 11.3 Å². The highest BCUT2D eigenvalue weighted by Crippen LogP contribution is 2.04. The molecule has 1 N–H and O–H groups in total. The summed E-state index contributed by atoms with van der Waals surface area (Å²) in [5.74, 6) is 0. The molecular formula is C10H15N5S. The van der Waals surface area contributed by atoms with Crippen molar-refractivity contribution in [1.82, 2.24) is 25.3 Å². The van der Waals surface area contributed by atoms with Crippen LogP contribution in [-0.2, 0) is 13.1 Å². The van der Waals surface area contributed by atoms with Crippen molar-refractivity contribution in [2.75, 3.05) is 6.54 Å². The van der Waals surface area contributed by atoms with E-state index in [2.05, 4.69) is 20.6 Å². The molecule has 2 rings (SSSR count). The Kier molecular flexibility index (Phi) is 4.45. The van der Waals surface area contributed by atoms with E-state index in [0.717, 1.165) is 32.5 Å². The summed E-state index contributed by atoms with van der Waals surface area (Å²) in [6.45, 7) is 2.91. The van der Waals surface area contributed by atoms with Crippen molar-refractivity contribution < 1.29 is 0 Å². The smallest absolute Gasteiger partial charge is 0.0794 e. The maximum absolute atomic E-state index is 4.03. The first kappa shape index (κ1) is 11.2. The SMILES string of the molecule is c1cn(CCCCNCc2cncs2)nn1. The van der Waals surface area contributed by atoms with E-state index < -0.39 is 0 Å². The summed E-state index contributed by atoms with van der Waals surface area (Å²) in [6, 6.07) is 0. The molecule has 0 bridgehead atoms. The topological polar surface area (TPSA) is 55.6 Å². The van der Waals surface area contributed by atoms with Gasteiger partial charge >= 0.3 is 0 Å². The molecule has 86 valence electrons. The number of hydrogen-bond donors (Lipinski definition) is 1. The van der Waals surface area contributed by atoms with Gasteiger partial charge in [-0.3, -0.25) is 9.67 Å². The monoisotopic (exact) mass is 237 g/mol. The van der Waals surface area contributed by atoms with Crippen LogP contribution in [0.25, 0.3) is 0 Å². The highest BCUT2D eigenvalue weighted by atomic mass is 32.1. The van der Waals surface area contributed by atoms with Crippen molar-refractivity contribution in [2.24, 2.45) is 0 Å². The van der Waals surface area contributed by atoms with Crippen LogP contribution in [0.2, 0.25) is 0 Å². The zero-order valence-corrected chi connectivity index (χ0v) is 9.86. The first-order valence-corrected chi connectivity index (χ1v) is 6.25. The Labute approximate surface area is 98.5 Å². The van der Waals surface area contributed by atoms with Gasteiger partial charge in [-0.25, -0.2) is 0 Å². The molecule has 0 aliphatic carbocycles. The predicted octanol–water partition coefficient (Wildman–Crippen LogP) is 1.30. The second-order valence-electron chi connectivity index (χ2n) is 3.52. The third kappa shape index (κ3) is 3.71. The van der Waals surface area contributed by atoms with Crippen LogP contribution in [0, 0.1) is 0 Å². The van der Waals surface area contributed by atoms with Crippen molar-refractivity contribution in [3.05, 3.63) is 29.0 Å². The molecule has 2 aromatic rings. The number of nitrogens with zero attached hydrogens (tertiary/aromatic N) is 4. The fourth-order valence-corrected chi connectivity index (χ4v) is 1.98. The van der Waals surface area contributed by atoms with Gasteiger partial charge < -0.3 is 5.32 Å². The van der Waals surface area contributed by atoms with Crippen LogP contribution < -0.4 is 5.32 Å². The Morgan fingerprint density at radius 3 is 3.12 bits per heavy atom. The molecule has 0 saturated carbocycles. The van der Waals surface area contributed by atoms with Crippen molar-refractivity contribution in [3.63, 3.8) is 0 Å². The molecule has 0 fully saturated rings. The Hall–Kier alpha value is -1.27. The van der Waals surface area contributed by atoms with Crippen molar-refractivity contribution in [2.45, 2.75) is 25.9 Å². The number of unbranched alkanes of at least 4 members (excludes halogenated alkanes) is 1. The van der Waals surface area contributed by atoms with Gasteiger partial charge in [0.15, 0.2) is 0 Å². The van der Waals surface area contributed by atoms with Crippen LogP contribution in [0.3, 0.4) is 0 Å². The molecule has 0 radical (unpaired) electrons. The van der Waals surface area contributed by atoms with E-state index in [1.54, 1.807) is 17.5 Å². The summed E-state index contributed by atoms with van der Waals surface area (Å²) in [6.07, 6.45) is 7.79. The Morgan fingerprint density at radius 1 is 1.38 bits per heavy atom. The van der Waals surface area contributed by atoms with Crippen LogP contribution in [0.5, 0.6) is 0 Å². The molecule has 0 amide bonds.